The van der Waals surface area contributed by atoms with Crippen LogP contribution in [0.2, 0.25) is 5.02 Å². The first-order valence-corrected chi connectivity index (χ1v) is 12.8. The molecule has 186 valence electrons. The number of halogens is 1. The van der Waals surface area contributed by atoms with Gasteiger partial charge in [-0.05, 0) is 56.0 Å². The van der Waals surface area contributed by atoms with Gasteiger partial charge in [-0.15, -0.1) is 0 Å². The molecule has 3 atom stereocenters. The van der Waals surface area contributed by atoms with Gasteiger partial charge < -0.3 is 16.0 Å². The first-order valence-electron chi connectivity index (χ1n) is 12.4. The van der Waals surface area contributed by atoms with Gasteiger partial charge in [-0.3, -0.25) is 19.3 Å². The van der Waals surface area contributed by atoms with Gasteiger partial charge in [-0.25, -0.2) is 0 Å². The maximum absolute atomic E-state index is 13.7. The third kappa shape index (κ3) is 5.61. The molecule has 3 N–H and O–H groups in total. The minimum atomic E-state index is -0.418. The van der Waals surface area contributed by atoms with Crippen LogP contribution in [0, 0.1) is 11.8 Å². The van der Waals surface area contributed by atoms with Crippen LogP contribution in [-0.4, -0.2) is 41.9 Å². The lowest BCUT2D eigenvalue weighted by Gasteiger charge is -2.40. The molecule has 0 aromatic heterocycles. The van der Waals surface area contributed by atoms with Gasteiger partial charge in [0.1, 0.15) is 6.17 Å². The number of primary amides is 1. The SMILES string of the molecule is CCCCC(CC1Nc2ccccc2C(=O)N1c1cccc(Cl)c1)C(=O)N1CCCC(C(N)=O)C1. The summed E-state index contributed by atoms with van der Waals surface area (Å²) >= 11 is 6.27. The molecule has 0 bridgehead atoms. The number of piperidine rings is 1. The third-order valence-corrected chi connectivity index (χ3v) is 7.23. The summed E-state index contributed by atoms with van der Waals surface area (Å²) < 4.78 is 0. The zero-order valence-corrected chi connectivity index (χ0v) is 20.8. The summed E-state index contributed by atoms with van der Waals surface area (Å²) in [6.45, 7) is 3.10. The number of carbonyl (C=O) groups excluding carboxylic acids is 3. The summed E-state index contributed by atoms with van der Waals surface area (Å²) in [5.41, 5.74) is 7.57. The first-order chi connectivity index (χ1) is 16.9. The number of likely N-dealkylation sites (tertiary alicyclic amines) is 1. The molecule has 7 nitrogen and oxygen atoms in total. The standard InChI is InChI=1S/C27H33ClN4O3/c1-2-3-8-18(26(34)31-14-7-9-19(17-31)25(29)33)15-24-30-23-13-5-4-12-22(23)27(35)32(24)21-11-6-10-20(28)16-21/h4-6,10-13,16,18-19,24,30H,2-3,7-9,14-15,17H2,1H3,(H2,29,33). The number of fused-ring (bicyclic) bond motifs is 1. The van der Waals surface area contributed by atoms with Crippen LogP contribution in [0.3, 0.4) is 0 Å². The van der Waals surface area contributed by atoms with Crippen LogP contribution in [0.25, 0.3) is 0 Å². The lowest BCUT2D eigenvalue weighted by molar-refractivity contribution is -0.139. The molecule has 0 spiro atoms. The molecule has 0 saturated carbocycles. The van der Waals surface area contributed by atoms with E-state index in [0.29, 0.717) is 42.2 Å². The number of nitrogens with zero attached hydrogens (tertiary/aromatic N) is 2. The molecular formula is C27H33ClN4O3. The van der Waals surface area contributed by atoms with Gasteiger partial charge in [0.05, 0.1) is 11.5 Å². The molecule has 2 aromatic carbocycles. The van der Waals surface area contributed by atoms with Crippen LogP contribution >= 0.6 is 11.6 Å². The van der Waals surface area contributed by atoms with Crippen LogP contribution in [0.5, 0.6) is 0 Å². The molecule has 0 radical (unpaired) electrons. The van der Waals surface area contributed by atoms with E-state index in [1.165, 1.54) is 0 Å². The molecule has 0 aliphatic carbocycles. The number of hydrogen-bond donors (Lipinski definition) is 2. The van der Waals surface area contributed by atoms with Gasteiger partial charge in [0.25, 0.3) is 5.91 Å². The van der Waals surface area contributed by atoms with E-state index < -0.39 is 6.17 Å². The van der Waals surface area contributed by atoms with E-state index in [9.17, 15) is 14.4 Å². The van der Waals surface area contributed by atoms with Crippen molar-refractivity contribution in [3.05, 3.63) is 59.1 Å². The lowest BCUT2D eigenvalue weighted by Crippen LogP contribution is -2.52. The average molecular weight is 497 g/mol. The Hall–Kier alpha value is -3.06. The Balaban J connectivity index is 1.63. The molecule has 2 aliphatic rings. The molecule has 2 heterocycles. The molecule has 2 aliphatic heterocycles. The molecule has 3 unspecified atom stereocenters. The number of carbonyl (C=O) groups is 3. The Morgan fingerprint density at radius 3 is 2.74 bits per heavy atom. The van der Waals surface area contributed by atoms with Crippen LogP contribution in [0.4, 0.5) is 11.4 Å². The Morgan fingerprint density at radius 1 is 1.20 bits per heavy atom. The quantitative estimate of drug-likeness (QED) is 0.555. The fraction of sp³-hybridized carbons (Fsp3) is 0.444. The van der Waals surface area contributed by atoms with Gasteiger partial charge in [0.2, 0.25) is 11.8 Å². The van der Waals surface area contributed by atoms with Crippen molar-refractivity contribution in [2.24, 2.45) is 17.6 Å². The topological polar surface area (TPSA) is 95.7 Å². The number of benzene rings is 2. The monoisotopic (exact) mass is 496 g/mol. The molecule has 1 fully saturated rings. The highest BCUT2D eigenvalue weighted by Crippen LogP contribution is 2.34. The second-order valence-electron chi connectivity index (χ2n) is 9.46. The van der Waals surface area contributed by atoms with Crippen LogP contribution < -0.4 is 16.0 Å². The van der Waals surface area contributed by atoms with Crippen LogP contribution in [0.1, 0.15) is 55.8 Å². The Morgan fingerprint density at radius 2 is 2.00 bits per heavy atom. The number of para-hydroxylation sites is 1. The predicted octanol–water partition coefficient (Wildman–Crippen LogP) is 4.66. The fourth-order valence-electron chi connectivity index (χ4n) is 5.13. The Labute approximate surface area is 211 Å². The highest BCUT2D eigenvalue weighted by Gasteiger charge is 2.38. The fourth-order valence-corrected chi connectivity index (χ4v) is 5.31. The van der Waals surface area contributed by atoms with Crippen LogP contribution in [-0.2, 0) is 9.59 Å². The van der Waals surface area contributed by atoms with Gasteiger partial charge >= 0.3 is 0 Å². The van der Waals surface area contributed by atoms with E-state index in [-0.39, 0.29) is 29.6 Å². The van der Waals surface area contributed by atoms with Gasteiger partial charge in [0, 0.05) is 35.4 Å². The number of unbranched alkanes of at least 4 members (excludes halogenated alkanes) is 1. The van der Waals surface area contributed by atoms with Gasteiger partial charge in [0.15, 0.2) is 0 Å². The normalized spacial score (nSPS) is 20.7. The zero-order valence-electron chi connectivity index (χ0n) is 20.1. The number of nitrogens with one attached hydrogen (secondary N) is 1. The van der Waals surface area contributed by atoms with Crippen molar-refractivity contribution in [2.75, 3.05) is 23.3 Å². The van der Waals surface area contributed by atoms with Gasteiger partial charge in [-0.1, -0.05) is 49.6 Å². The van der Waals surface area contributed by atoms with Crippen molar-refractivity contribution in [3.63, 3.8) is 0 Å². The van der Waals surface area contributed by atoms with Crippen molar-refractivity contribution < 1.29 is 14.4 Å². The minimum absolute atomic E-state index is 0.0311. The molecule has 8 heteroatoms. The summed E-state index contributed by atoms with van der Waals surface area (Å²) in [7, 11) is 0. The second kappa shape index (κ2) is 11.1. The van der Waals surface area contributed by atoms with E-state index in [2.05, 4.69) is 12.2 Å². The maximum Gasteiger partial charge on any atom is 0.262 e. The van der Waals surface area contributed by atoms with Gasteiger partial charge in [-0.2, -0.15) is 0 Å². The van der Waals surface area contributed by atoms with Crippen molar-refractivity contribution >= 4 is 40.7 Å². The first kappa shape index (κ1) is 25.0. The summed E-state index contributed by atoms with van der Waals surface area (Å²) in [6, 6.07) is 14.6. The Bertz CT molecular complexity index is 1090. The molecular weight excluding hydrogens is 464 g/mol. The van der Waals surface area contributed by atoms with E-state index in [4.69, 9.17) is 17.3 Å². The van der Waals surface area contributed by atoms with Crippen molar-refractivity contribution in [1.29, 1.82) is 0 Å². The van der Waals surface area contributed by atoms with Crippen molar-refractivity contribution in [3.8, 4) is 0 Å². The summed E-state index contributed by atoms with van der Waals surface area (Å²) in [5.74, 6) is -1.04. The molecule has 4 rings (SSSR count). The smallest absolute Gasteiger partial charge is 0.262 e. The Kier molecular flexibility index (Phi) is 7.96. The van der Waals surface area contributed by atoms with Crippen LogP contribution in [0.15, 0.2) is 48.5 Å². The highest BCUT2D eigenvalue weighted by molar-refractivity contribution is 6.31. The molecule has 2 aromatic rings. The van der Waals surface area contributed by atoms with E-state index in [1.807, 2.05) is 30.3 Å². The zero-order chi connectivity index (χ0) is 24.9. The highest BCUT2D eigenvalue weighted by atomic mass is 35.5. The van der Waals surface area contributed by atoms with Crippen molar-refractivity contribution in [1.82, 2.24) is 4.90 Å². The summed E-state index contributed by atoms with van der Waals surface area (Å²) in [4.78, 5) is 42.6. The van der Waals surface area contributed by atoms with E-state index >= 15 is 0 Å². The number of amides is 3. The van der Waals surface area contributed by atoms with E-state index in [1.54, 1.807) is 28.0 Å². The number of nitrogens with two attached hydrogens (primary N) is 1. The maximum atomic E-state index is 13.7. The number of rotatable bonds is 8. The molecule has 3 amide bonds. The minimum Gasteiger partial charge on any atom is -0.369 e. The molecule has 1 saturated heterocycles. The lowest BCUT2D eigenvalue weighted by atomic mass is 9.90. The summed E-state index contributed by atoms with van der Waals surface area (Å²) in [6.07, 6.45) is 4.09. The largest absolute Gasteiger partial charge is 0.369 e. The van der Waals surface area contributed by atoms with E-state index in [0.717, 1.165) is 31.4 Å². The molecule has 35 heavy (non-hydrogen) atoms. The third-order valence-electron chi connectivity index (χ3n) is 7.00. The van der Waals surface area contributed by atoms with Crippen molar-refractivity contribution in [2.45, 2.75) is 51.6 Å². The second-order valence-corrected chi connectivity index (χ2v) is 9.90. The predicted molar refractivity (Wildman–Crippen MR) is 138 cm³/mol. The summed E-state index contributed by atoms with van der Waals surface area (Å²) in [5, 5.41) is 4.04. The number of hydrogen-bond acceptors (Lipinski definition) is 4. The average Bonchev–Trinajstić information content (AvgIpc) is 2.86. The number of anilines is 2.